The summed E-state index contributed by atoms with van der Waals surface area (Å²) in [6.07, 6.45) is -4.18. The van der Waals surface area contributed by atoms with Crippen LogP contribution in [0.2, 0.25) is 10.0 Å². The van der Waals surface area contributed by atoms with Gasteiger partial charge in [0.15, 0.2) is 11.7 Å². The van der Waals surface area contributed by atoms with E-state index in [-0.39, 0.29) is 29.0 Å². The van der Waals surface area contributed by atoms with Gasteiger partial charge in [-0.3, -0.25) is 4.79 Å². The van der Waals surface area contributed by atoms with Crippen LogP contribution in [-0.4, -0.2) is 27.9 Å². The van der Waals surface area contributed by atoms with E-state index in [1.807, 2.05) is 6.92 Å². The van der Waals surface area contributed by atoms with Gasteiger partial charge < -0.3 is 10.6 Å². The third-order valence-corrected chi connectivity index (χ3v) is 5.38. The van der Waals surface area contributed by atoms with Crippen molar-refractivity contribution in [1.29, 1.82) is 0 Å². The summed E-state index contributed by atoms with van der Waals surface area (Å²) >= 11 is 12.1. The molecule has 1 aliphatic rings. The van der Waals surface area contributed by atoms with Crippen LogP contribution in [0.15, 0.2) is 24.3 Å². The Balaban J connectivity index is 2.00. The molecule has 152 valence electrons. The lowest BCUT2D eigenvalue weighted by Crippen LogP contribution is -2.36. The second-order valence-electron chi connectivity index (χ2n) is 6.78. The Morgan fingerprint density at radius 1 is 1.36 bits per heavy atom. The molecule has 1 aliphatic heterocycles. The molecule has 28 heavy (non-hydrogen) atoms. The topological polar surface area (TPSA) is 59.0 Å². The molecule has 2 N–H and O–H groups in total. The summed E-state index contributed by atoms with van der Waals surface area (Å²) in [6, 6.07) is 3.81. The van der Waals surface area contributed by atoms with Gasteiger partial charge in [-0.05, 0) is 31.0 Å². The minimum atomic E-state index is -4.55. The van der Waals surface area contributed by atoms with Crippen LogP contribution < -0.4 is 10.6 Å². The van der Waals surface area contributed by atoms with Gasteiger partial charge in [-0.25, -0.2) is 4.68 Å². The number of fused-ring (bicyclic) bond motifs is 1. The first-order valence-electron chi connectivity index (χ1n) is 8.79. The van der Waals surface area contributed by atoms with E-state index in [4.69, 9.17) is 23.2 Å². The second kappa shape index (κ2) is 7.83. The number of benzene rings is 1. The molecule has 0 aliphatic carbocycles. The number of amides is 1. The molecule has 0 unspecified atom stereocenters. The van der Waals surface area contributed by atoms with E-state index in [0.29, 0.717) is 17.0 Å². The van der Waals surface area contributed by atoms with Crippen molar-refractivity contribution in [2.75, 3.05) is 5.32 Å². The molecule has 2 heterocycles. The maximum Gasteiger partial charge on any atom is 0.410 e. The third-order valence-electron chi connectivity index (χ3n) is 4.77. The fraction of sp³-hybridized carbons (Fsp3) is 0.444. The Morgan fingerprint density at radius 2 is 2.00 bits per heavy atom. The summed E-state index contributed by atoms with van der Waals surface area (Å²) in [5, 5.41) is 9.92. The maximum atomic E-state index is 13.7. The number of aromatic nitrogens is 2. The van der Waals surface area contributed by atoms with Gasteiger partial charge in [-0.2, -0.15) is 18.3 Å². The van der Waals surface area contributed by atoms with Gasteiger partial charge in [-0.1, -0.05) is 42.3 Å². The molecular weight excluding hydrogens is 416 g/mol. The monoisotopic (exact) mass is 434 g/mol. The highest BCUT2D eigenvalue weighted by molar-refractivity contribution is 6.36. The summed E-state index contributed by atoms with van der Waals surface area (Å²) in [4.78, 5) is 12.4. The number of nitrogens with zero attached hydrogens (tertiary/aromatic N) is 2. The van der Waals surface area contributed by atoms with E-state index in [1.165, 1.54) is 0 Å². The van der Waals surface area contributed by atoms with Crippen molar-refractivity contribution in [3.63, 3.8) is 0 Å². The van der Waals surface area contributed by atoms with Crippen molar-refractivity contribution in [3.8, 4) is 0 Å². The summed E-state index contributed by atoms with van der Waals surface area (Å²) < 4.78 is 41.9. The number of alkyl halides is 3. The standard InChI is InChI=1S/C18H19Cl2F3N4O/c1-3-9(2)24-17(28)15-14(20)16-25-12(10-4-6-11(19)7-5-10)8-13(18(21,22)23)27(16)26-15/h4-7,9,12-13,25H,3,8H2,1-2H3,(H,24,28)/t9-,12+,13-/m0/s1. The highest BCUT2D eigenvalue weighted by Crippen LogP contribution is 2.46. The number of anilines is 1. The molecule has 3 rings (SSSR count). The molecule has 2 aromatic rings. The van der Waals surface area contributed by atoms with Gasteiger partial charge in [-0.15, -0.1) is 0 Å². The maximum absolute atomic E-state index is 13.7. The summed E-state index contributed by atoms with van der Waals surface area (Å²) in [5.74, 6) is -0.628. The Labute approximate surface area is 170 Å². The Bertz CT molecular complexity index is 867. The van der Waals surface area contributed by atoms with Gasteiger partial charge >= 0.3 is 6.18 Å². The third kappa shape index (κ3) is 4.07. The number of carbonyl (C=O) groups excluding carboxylic acids is 1. The molecule has 1 amide bonds. The zero-order chi connectivity index (χ0) is 20.6. The van der Waals surface area contributed by atoms with Crippen molar-refractivity contribution in [1.82, 2.24) is 15.1 Å². The van der Waals surface area contributed by atoms with Crippen LogP contribution in [0.3, 0.4) is 0 Å². The van der Waals surface area contributed by atoms with E-state index in [9.17, 15) is 18.0 Å². The molecule has 0 bridgehead atoms. The largest absolute Gasteiger partial charge is 0.410 e. The first kappa shape index (κ1) is 20.8. The molecule has 1 aromatic heterocycles. The minimum absolute atomic E-state index is 0.0236. The van der Waals surface area contributed by atoms with Crippen molar-refractivity contribution in [3.05, 3.63) is 45.6 Å². The predicted molar refractivity (Wildman–Crippen MR) is 102 cm³/mol. The van der Waals surface area contributed by atoms with Crippen molar-refractivity contribution in [2.24, 2.45) is 0 Å². The van der Waals surface area contributed by atoms with E-state index >= 15 is 0 Å². The van der Waals surface area contributed by atoms with E-state index in [1.54, 1.807) is 31.2 Å². The number of nitrogens with one attached hydrogen (secondary N) is 2. The molecule has 10 heteroatoms. The normalized spacial score (nSPS) is 20.2. The van der Waals surface area contributed by atoms with Gasteiger partial charge in [0.05, 0.1) is 6.04 Å². The summed E-state index contributed by atoms with van der Waals surface area (Å²) in [7, 11) is 0. The Kier molecular flexibility index (Phi) is 5.82. The van der Waals surface area contributed by atoms with Crippen LogP contribution in [0.1, 0.15) is 54.8 Å². The zero-order valence-corrected chi connectivity index (χ0v) is 16.7. The molecule has 5 nitrogen and oxygen atoms in total. The number of rotatable bonds is 4. The highest BCUT2D eigenvalue weighted by atomic mass is 35.5. The average molecular weight is 435 g/mol. The van der Waals surface area contributed by atoms with E-state index in [2.05, 4.69) is 15.7 Å². The van der Waals surface area contributed by atoms with Gasteiger partial charge in [0.2, 0.25) is 0 Å². The summed E-state index contributed by atoms with van der Waals surface area (Å²) in [5.41, 5.74) is 0.406. The first-order valence-corrected chi connectivity index (χ1v) is 9.55. The van der Waals surface area contributed by atoms with Crippen LogP contribution in [0, 0.1) is 0 Å². The SMILES string of the molecule is CC[C@H](C)NC(=O)c1nn2c(c1Cl)N[C@@H](c1ccc(Cl)cc1)C[C@H]2C(F)(F)F. The molecule has 0 saturated carbocycles. The lowest BCUT2D eigenvalue weighted by atomic mass is 9.97. The first-order chi connectivity index (χ1) is 13.1. The lowest BCUT2D eigenvalue weighted by molar-refractivity contribution is -0.173. The molecule has 0 spiro atoms. The summed E-state index contributed by atoms with van der Waals surface area (Å²) in [6.45, 7) is 3.66. The van der Waals surface area contributed by atoms with Gasteiger partial charge in [0.1, 0.15) is 10.8 Å². The van der Waals surface area contributed by atoms with Crippen LogP contribution in [0.4, 0.5) is 19.0 Å². The van der Waals surface area contributed by atoms with Crippen molar-refractivity contribution in [2.45, 2.75) is 51.0 Å². The minimum Gasteiger partial charge on any atom is -0.362 e. The highest BCUT2D eigenvalue weighted by Gasteiger charge is 2.47. The van der Waals surface area contributed by atoms with Crippen molar-refractivity contribution >= 4 is 34.9 Å². The van der Waals surface area contributed by atoms with Crippen molar-refractivity contribution < 1.29 is 18.0 Å². The zero-order valence-electron chi connectivity index (χ0n) is 15.1. The van der Waals surface area contributed by atoms with Gasteiger partial charge in [0, 0.05) is 17.5 Å². The number of carbonyl (C=O) groups is 1. The van der Waals surface area contributed by atoms with E-state index in [0.717, 1.165) is 4.68 Å². The fourth-order valence-corrected chi connectivity index (χ4v) is 3.43. The van der Waals surface area contributed by atoms with Crippen LogP contribution in [-0.2, 0) is 0 Å². The lowest BCUT2D eigenvalue weighted by Gasteiger charge is -2.33. The number of hydrogen-bond donors (Lipinski definition) is 2. The number of halogens is 5. The van der Waals surface area contributed by atoms with E-state index < -0.39 is 24.2 Å². The second-order valence-corrected chi connectivity index (χ2v) is 7.59. The van der Waals surface area contributed by atoms with Gasteiger partial charge in [0.25, 0.3) is 5.91 Å². The molecule has 0 fully saturated rings. The number of hydrogen-bond acceptors (Lipinski definition) is 3. The Morgan fingerprint density at radius 3 is 2.57 bits per heavy atom. The molecule has 3 atom stereocenters. The predicted octanol–water partition coefficient (Wildman–Crippen LogP) is 5.38. The smallest absolute Gasteiger partial charge is 0.362 e. The molecule has 0 saturated heterocycles. The van der Waals surface area contributed by atoms with Crippen LogP contribution in [0.5, 0.6) is 0 Å². The molecular formula is C18H19Cl2F3N4O. The fourth-order valence-electron chi connectivity index (χ4n) is 3.04. The average Bonchev–Trinajstić information content (AvgIpc) is 2.97. The quantitative estimate of drug-likeness (QED) is 0.678. The van der Waals surface area contributed by atoms with Crippen LogP contribution in [0.25, 0.3) is 0 Å². The Hall–Kier alpha value is -1.93. The molecule has 0 radical (unpaired) electrons. The molecule has 1 aromatic carbocycles. The van der Waals surface area contributed by atoms with Crippen LogP contribution >= 0.6 is 23.2 Å².